The van der Waals surface area contributed by atoms with Crippen LogP contribution in [0.2, 0.25) is 0 Å². The summed E-state index contributed by atoms with van der Waals surface area (Å²) in [6.45, 7) is 7.51. The number of carbonyl (C=O) groups is 1. The van der Waals surface area contributed by atoms with Crippen molar-refractivity contribution < 1.29 is 9.53 Å². The minimum atomic E-state index is -0.458. The van der Waals surface area contributed by atoms with E-state index in [-0.39, 0.29) is 6.09 Å². The zero-order chi connectivity index (χ0) is 13.3. The highest BCUT2D eigenvalue weighted by Crippen LogP contribution is 2.21. The summed E-state index contributed by atoms with van der Waals surface area (Å²) in [7, 11) is 0. The molecule has 0 spiro atoms. The molecule has 100 valence electrons. The fraction of sp³-hybridized carbons (Fsp3) is 0.692. The van der Waals surface area contributed by atoms with Crippen LogP contribution in [0, 0.1) is 5.41 Å². The van der Waals surface area contributed by atoms with Crippen molar-refractivity contribution in [2.45, 2.75) is 38.8 Å². The molecule has 0 aromatic heterocycles. The van der Waals surface area contributed by atoms with E-state index in [0.29, 0.717) is 31.4 Å². The van der Waals surface area contributed by atoms with Crippen LogP contribution in [0.4, 0.5) is 4.79 Å². The van der Waals surface area contributed by atoms with Crippen LogP contribution < -0.4 is 5.32 Å². The number of hydrogen-bond acceptors (Lipinski definition) is 4. The van der Waals surface area contributed by atoms with Gasteiger partial charge >= 0.3 is 6.09 Å². The lowest BCUT2D eigenvalue weighted by molar-refractivity contribution is 0.0237. The fourth-order valence-corrected chi connectivity index (χ4v) is 2.25. The Morgan fingerprint density at radius 1 is 1.56 bits per heavy atom. The van der Waals surface area contributed by atoms with Crippen LogP contribution >= 0.6 is 0 Å². The number of piperidine rings is 1. The molecule has 2 heterocycles. The van der Waals surface area contributed by atoms with Gasteiger partial charge in [-0.25, -0.2) is 4.79 Å². The predicted molar refractivity (Wildman–Crippen MR) is 70.0 cm³/mol. The van der Waals surface area contributed by atoms with Crippen molar-refractivity contribution in [3.8, 4) is 0 Å². The van der Waals surface area contributed by atoms with E-state index >= 15 is 0 Å². The summed E-state index contributed by atoms with van der Waals surface area (Å²) < 4.78 is 5.37. The van der Waals surface area contributed by atoms with Crippen LogP contribution in [-0.4, -0.2) is 48.0 Å². The fourth-order valence-electron chi connectivity index (χ4n) is 2.25. The van der Waals surface area contributed by atoms with Crippen LogP contribution in [0.5, 0.6) is 0 Å². The topological polar surface area (TPSA) is 65.4 Å². The number of ether oxygens (including phenoxy) is 1. The van der Waals surface area contributed by atoms with Crippen LogP contribution in [0.3, 0.4) is 0 Å². The van der Waals surface area contributed by atoms with Crippen molar-refractivity contribution in [2.75, 3.05) is 19.6 Å². The standard InChI is InChI=1S/C13H21N3O2/c1-13(2,3)18-12(17)16-5-4-11-9(8-16)6-10(14)7-15-11/h6,11,14-15H,4-5,7-8H2,1-3H3/t11-/m0/s1. The number of likely N-dealkylation sites (tertiary alicyclic amines) is 1. The third-order valence-electron chi connectivity index (χ3n) is 3.06. The number of rotatable bonds is 0. The zero-order valence-corrected chi connectivity index (χ0v) is 11.2. The monoisotopic (exact) mass is 251 g/mol. The van der Waals surface area contributed by atoms with Crippen LogP contribution in [0.15, 0.2) is 11.6 Å². The molecule has 1 saturated heterocycles. The Balaban J connectivity index is 2.01. The Labute approximate surface area is 108 Å². The van der Waals surface area contributed by atoms with Gasteiger partial charge in [0.1, 0.15) is 5.60 Å². The van der Waals surface area contributed by atoms with Crippen LogP contribution in [0.1, 0.15) is 27.2 Å². The van der Waals surface area contributed by atoms with E-state index in [1.807, 2.05) is 26.8 Å². The van der Waals surface area contributed by atoms with Crippen molar-refractivity contribution in [1.29, 1.82) is 5.41 Å². The predicted octanol–water partition coefficient (Wildman–Crippen LogP) is 1.55. The summed E-state index contributed by atoms with van der Waals surface area (Å²) in [6, 6.07) is 0.317. The Bertz CT molecular complexity index is 396. The first-order valence-corrected chi connectivity index (χ1v) is 6.34. The van der Waals surface area contributed by atoms with Gasteiger partial charge in [-0.15, -0.1) is 0 Å². The molecule has 2 aliphatic heterocycles. The Hall–Kier alpha value is -1.36. The SMILES string of the molecule is CC(C)(C)OC(=O)N1CC[C@@H]2NCC(=N)C=C2C1. The molecule has 0 radical (unpaired) electrons. The Kier molecular flexibility index (Phi) is 3.43. The maximum Gasteiger partial charge on any atom is 0.410 e. The van der Waals surface area contributed by atoms with Gasteiger partial charge < -0.3 is 20.4 Å². The zero-order valence-electron chi connectivity index (χ0n) is 11.2. The molecule has 1 fully saturated rings. The number of nitrogens with zero attached hydrogens (tertiary/aromatic N) is 1. The van der Waals surface area contributed by atoms with Gasteiger partial charge in [0.2, 0.25) is 0 Å². The van der Waals surface area contributed by atoms with Gasteiger partial charge in [-0.1, -0.05) is 0 Å². The minimum Gasteiger partial charge on any atom is -0.444 e. The number of fused-ring (bicyclic) bond motifs is 1. The second-order valence-electron chi connectivity index (χ2n) is 5.87. The van der Waals surface area contributed by atoms with Gasteiger partial charge in [0, 0.05) is 31.4 Å². The molecule has 2 N–H and O–H groups in total. The molecule has 2 rings (SSSR count). The van der Waals surface area contributed by atoms with Gasteiger partial charge in [-0.2, -0.15) is 0 Å². The van der Waals surface area contributed by atoms with Crippen LogP contribution in [-0.2, 0) is 4.74 Å². The normalized spacial score (nSPS) is 24.4. The summed E-state index contributed by atoms with van der Waals surface area (Å²) in [6.07, 6.45) is 2.51. The lowest BCUT2D eigenvalue weighted by Crippen LogP contribution is -2.50. The van der Waals surface area contributed by atoms with Crippen LogP contribution in [0.25, 0.3) is 0 Å². The van der Waals surface area contributed by atoms with Gasteiger partial charge in [-0.05, 0) is 38.8 Å². The summed E-state index contributed by atoms with van der Waals surface area (Å²) in [4.78, 5) is 13.7. The van der Waals surface area contributed by atoms with Crippen molar-refractivity contribution in [2.24, 2.45) is 0 Å². The van der Waals surface area contributed by atoms with E-state index < -0.39 is 5.60 Å². The third kappa shape index (κ3) is 3.10. The average Bonchev–Trinajstić information content (AvgIpc) is 2.25. The molecule has 5 nitrogen and oxygen atoms in total. The number of carbonyl (C=O) groups excluding carboxylic acids is 1. The third-order valence-corrected chi connectivity index (χ3v) is 3.06. The molecule has 2 aliphatic rings. The lowest BCUT2D eigenvalue weighted by atomic mass is 9.94. The first-order chi connectivity index (χ1) is 8.35. The first kappa shape index (κ1) is 13.1. The molecule has 0 aliphatic carbocycles. The molecule has 0 bridgehead atoms. The quantitative estimate of drug-likeness (QED) is 0.686. The Morgan fingerprint density at radius 2 is 2.28 bits per heavy atom. The lowest BCUT2D eigenvalue weighted by Gasteiger charge is -2.37. The maximum atomic E-state index is 12.0. The van der Waals surface area contributed by atoms with Crippen molar-refractivity contribution in [1.82, 2.24) is 10.2 Å². The maximum absolute atomic E-state index is 12.0. The second-order valence-corrected chi connectivity index (χ2v) is 5.87. The number of hydrogen-bond donors (Lipinski definition) is 2. The highest BCUT2D eigenvalue weighted by atomic mass is 16.6. The number of nitrogens with one attached hydrogen (secondary N) is 2. The number of amides is 1. The second kappa shape index (κ2) is 4.72. The highest BCUT2D eigenvalue weighted by Gasteiger charge is 2.31. The average molecular weight is 251 g/mol. The van der Waals surface area contributed by atoms with Crippen molar-refractivity contribution in [3.05, 3.63) is 11.6 Å². The van der Waals surface area contributed by atoms with E-state index in [0.717, 1.165) is 12.0 Å². The molecule has 1 atom stereocenters. The largest absolute Gasteiger partial charge is 0.444 e. The molecule has 1 amide bonds. The summed E-state index contributed by atoms with van der Waals surface area (Å²) >= 11 is 0. The van der Waals surface area contributed by atoms with E-state index in [2.05, 4.69) is 5.32 Å². The van der Waals surface area contributed by atoms with Gasteiger partial charge in [0.25, 0.3) is 0 Å². The summed E-state index contributed by atoms with van der Waals surface area (Å²) in [5, 5.41) is 11.0. The van der Waals surface area contributed by atoms with E-state index in [4.69, 9.17) is 10.1 Å². The van der Waals surface area contributed by atoms with Crippen molar-refractivity contribution >= 4 is 11.8 Å². The van der Waals surface area contributed by atoms with Gasteiger partial charge in [0.15, 0.2) is 0 Å². The molecular weight excluding hydrogens is 230 g/mol. The van der Waals surface area contributed by atoms with E-state index in [1.54, 1.807) is 4.90 Å². The summed E-state index contributed by atoms with van der Waals surface area (Å²) in [5.74, 6) is 0. The van der Waals surface area contributed by atoms with E-state index in [1.165, 1.54) is 0 Å². The molecule has 0 aromatic carbocycles. The molecule has 0 aromatic rings. The highest BCUT2D eigenvalue weighted by molar-refractivity contribution is 5.95. The molecule has 5 heteroatoms. The van der Waals surface area contributed by atoms with Gasteiger partial charge in [0.05, 0.1) is 0 Å². The smallest absolute Gasteiger partial charge is 0.410 e. The molecule has 18 heavy (non-hydrogen) atoms. The molecule has 0 unspecified atom stereocenters. The molecular formula is C13H21N3O2. The van der Waals surface area contributed by atoms with Crippen molar-refractivity contribution in [3.63, 3.8) is 0 Å². The first-order valence-electron chi connectivity index (χ1n) is 6.34. The minimum absolute atomic E-state index is 0.265. The van der Waals surface area contributed by atoms with Gasteiger partial charge in [-0.3, -0.25) is 0 Å². The van der Waals surface area contributed by atoms with E-state index in [9.17, 15) is 4.79 Å². The summed E-state index contributed by atoms with van der Waals surface area (Å²) in [5.41, 5.74) is 1.23. The molecule has 0 saturated carbocycles. The Morgan fingerprint density at radius 3 is 2.94 bits per heavy atom.